The third kappa shape index (κ3) is 4.94. The van der Waals surface area contributed by atoms with E-state index in [9.17, 15) is 18.9 Å². The van der Waals surface area contributed by atoms with Gasteiger partial charge in [0.2, 0.25) is 5.82 Å². The minimum Gasteiger partial charge on any atom is -0.398 e. The van der Waals surface area contributed by atoms with Gasteiger partial charge in [-0.2, -0.15) is 4.39 Å². The molecule has 9 heteroatoms. The summed E-state index contributed by atoms with van der Waals surface area (Å²) in [6, 6.07) is 6.10. The van der Waals surface area contributed by atoms with Gasteiger partial charge in [0.15, 0.2) is 0 Å². The normalized spacial score (nSPS) is 9.71. The molecule has 0 saturated heterocycles. The molecule has 2 aromatic rings. The molecular formula is C12H9Br2F2N3O2. The van der Waals surface area contributed by atoms with Crippen LogP contribution in [0.3, 0.4) is 0 Å². The van der Waals surface area contributed by atoms with E-state index in [1.807, 2.05) is 0 Å². The van der Waals surface area contributed by atoms with Crippen molar-refractivity contribution < 1.29 is 13.7 Å². The second-order valence-corrected chi connectivity index (χ2v) is 5.46. The number of anilines is 2. The Kier molecular flexibility index (Phi) is 6.03. The van der Waals surface area contributed by atoms with Crippen LogP contribution in [0, 0.1) is 21.7 Å². The minimum atomic E-state index is -0.902. The molecule has 0 radical (unpaired) electrons. The van der Waals surface area contributed by atoms with Gasteiger partial charge >= 0.3 is 5.69 Å². The van der Waals surface area contributed by atoms with E-state index in [2.05, 4.69) is 31.9 Å². The first-order valence-electron chi connectivity index (χ1n) is 5.31. The number of hydrogen-bond donors (Lipinski definition) is 2. The van der Waals surface area contributed by atoms with Crippen LogP contribution in [-0.2, 0) is 0 Å². The van der Waals surface area contributed by atoms with E-state index in [0.29, 0.717) is 14.6 Å². The highest BCUT2D eigenvalue weighted by atomic mass is 79.9. The van der Waals surface area contributed by atoms with Gasteiger partial charge in [-0.05, 0) is 56.1 Å². The molecule has 0 atom stereocenters. The van der Waals surface area contributed by atoms with Crippen molar-refractivity contribution in [1.82, 2.24) is 0 Å². The SMILES string of the molecule is Nc1cc([N+](=O)[O-])c(F)cc1Br.Nc1ccc(F)cc1Br. The zero-order chi connectivity index (χ0) is 16.2. The first-order chi connectivity index (χ1) is 9.72. The third-order valence-corrected chi connectivity index (χ3v) is 3.60. The molecule has 0 amide bonds. The molecule has 0 aromatic heterocycles. The summed E-state index contributed by atoms with van der Waals surface area (Å²) in [7, 11) is 0. The lowest BCUT2D eigenvalue weighted by atomic mass is 10.3. The molecule has 5 nitrogen and oxygen atoms in total. The van der Waals surface area contributed by atoms with Crippen molar-refractivity contribution in [2.24, 2.45) is 0 Å². The third-order valence-electron chi connectivity index (χ3n) is 2.23. The summed E-state index contributed by atoms with van der Waals surface area (Å²) in [4.78, 5) is 9.36. The van der Waals surface area contributed by atoms with Crippen molar-refractivity contribution in [3.63, 3.8) is 0 Å². The van der Waals surface area contributed by atoms with E-state index in [-0.39, 0.29) is 11.5 Å². The Hall–Kier alpha value is -1.74. The number of benzene rings is 2. The lowest BCUT2D eigenvalue weighted by Gasteiger charge is -1.98. The maximum absolute atomic E-state index is 12.8. The number of nitro benzene ring substituents is 1. The molecule has 0 saturated carbocycles. The van der Waals surface area contributed by atoms with Crippen molar-refractivity contribution in [3.05, 3.63) is 61.0 Å². The largest absolute Gasteiger partial charge is 0.398 e. The summed E-state index contributed by atoms with van der Waals surface area (Å²) >= 11 is 6.02. The van der Waals surface area contributed by atoms with Crippen LogP contribution in [0.25, 0.3) is 0 Å². The highest BCUT2D eigenvalue weighted by Gasteiger charge is 2.15. The van der Waals surface area contributed by atoms with Crippen molar-refractivity contribution >= 4 is 48.9 Å². The van der Waals surface area contributed by atoms with Crippen molar-refractivity contribution in [3.8, 4) is 0 Å². The van der Waals surface area contributed by atoms with Gasteiger partial charge in [0.25, 0.3) is 0 Å². The fraction of sp³-hybridized carbons (Fsp3) is 0. The number of nitrogens with zero attached hydrogens (tertiary/aromatic N) is 1. The molecule has 0 unspecified atom stereocenters. The molecule has 0 spiro atoms. The Labute approximate surface area is 135 Å². The Bertz CT molecular complexity index is 684. The average molecular weight is 425 g/mol. The molecule has 21 heavy (non-hydrogen) atoms. The maximum Gasteiger partial charge on any atom is 0.306 e. The molecule has 112 valence electrons. The Morgan fingerprint density at radius 1 is 1.00 bits per heavy atom. The molecule has 0 heterocycles. The van der Waals surface area contributed by atoms with Gasteiger partial charge in [-0.3, -0.25) is 10.1 Å². The summed E-state index contributed by atoms with van der Waals surface area (Å²) in [5.41, 5.74) is 10.8. The van der Waals surface area contributed by atoms with Gasteiger partial charge in [0, 0.05) is 20.7 Å². The van der Waals surface area contributed by atoms with Gasteiger partial charge in [0.05, 0.1) is 10.6 Å². The van der Waals surface area contributed by atoms with Crippen molar-refractivity contribution in [2.45, 2.75) is 0 Å². The fourth-order valence-corrected chi connectivity index (χ4v) is 1.86. The summed E-state index contributed by atoms with van der Waals surface area (Å²) < 4.78 is 25.9. The predicted octanol–water partition coefficient (Wildman–Crippen LogP) is 4.25. The second kappa shape index (κ2) is 7.32. The van der Waals surface area contributed by atoms with E-state index >= 15 is 0 Å². The van der Waals surface area contributed by atoms with E-state index in [4.69, 9.17) is 11.5 Å². The summed E-state index contributed by atoms with van der Waals surface area (Å²) in [6.07, 6.45) is 0. The molecule has 0 aliphatic rings. The van der Waals surface area contributed by atoms with Crippen LogP contribution in [0.1, 0.15) is 0 Å². The molecular weight excluding hydrogens is 416 g/mol. The van der Waals surface area contributed by atoms with Gasteiger partial charge in [-0.25, -0.2) is 4.39 Å². The Morgan fingerprint density at radius 3 is 2.05 bits per heavy atom. The van der Waals surface area contributed by atoms with Gasteiger partial charge in [-0.15, -0.1) is 0 Å². The van der Waals surface area contributed by atoms with E-state index in [1.54, 1.807) is 0 Å². The Balaban J connectivity index is 0.000000219. The predicted molar refractivity (Wildman–Crippen MR) is 83.7 cm³/mol. The zero-order valence-corrected chi connectivity index (χ0v) is 13.5. The number of rotatable bonds is 1. The monoisotopic (exact) mass is 423 g/mol. The number of nitro groups is 1. The van der Waals surface area contributed by atoms with E-state index < -0.39 is 16.4 Å². The van der Waals surface area contributed by atoms with Crippen LogP contribution in [0.15, 0.2) is 39.3 Å². The number of nitrogen functional groups attached to an aromatic ring is 2. The summed E-state index contributed by atoms with van der Waals surface area (Å²) in [5, 5.41) is 10.2. The van der Waals surface area contributed by atoms with Gasteiger partial charge in [0.1, 0.15) is 5.82 Å². The molecule has 0 aliphatic carbocycles. The second-order valence-electron chi connectivity index (χ2n) is 3.75. The fourth-order valence-electron chi connectivity index (χ4n) is 1.20. The molecule has 0 fully saturated rings. The van der Waals surface area contributed by atoms with Crippen LogP contribution in [-0.4, -0.2) is 4.92 Å². The highest BCUT2D eigenvalue weighted by Crippen LogP contribution is 2.27. The molecule has 0 bridgehead atoms. The molecule has 2 rings (SSSR count). The highest BCUT2D eigenvalue weighted by molar-refractivity contribution is 9.11. The van der Waals surface area contributed by atoms with Gasteiger partial charge in [-0.1, -0.05) is 0 Å². The first kappa shape index (κ1) is 17.3. The topological polar surface area (TPSA) is 95.2 Å². The van der Waals surface area contributed by atoms with Crippen molar-refractivity contribution in [2.75, 3.05) is 11.5 Å². The minimum absolute atomic E-state index is 0.142. The summed E-state index contributed by atoms with van der Waals surface area (Å²) in [6.45, 7) is 0. The maximum atomic E-state index is 12.8. The Morgan fingerprint density at radius 2 is 1.57 bits per heavy atom. The van der Waals surface area contributed by atoms with Crippen LogP contribution < -0.4 is 11.5 Å². The van der Waals surface area contributed by atoms with E-state index in [1.165, 1.54) is 18.2 Å². The standard InChI is InChI=1S/C6H4BrFN2O2.C6H5BrFN/c7-3-1-4(8)6(10(11)12)2-5(3)9;7-5-3-4(8)1-2-6(5)9/h1-2H,9H2;1-3H,9H2. The van der Waals surface area contributed by atoms with Crippen LogP contribution >= 0.6 is 31.9 Å². The first-order valence-corrected chi connectivity index (χ1v) is 6.90. The average Bonchev–Trinajstić information content (AvgIpc) is 2.39. The van der Waals surface area contributed by atoms with E-state index in [0.717, 1.165) is 12.1 Å². The van der Waals surface area contributed by atoms with Crippen LogP contribution in [0.2, 0.25) is 0 Å². The van der Waals surface area contributed by atoms with Crippen LogP contribution in [0.4, 0.5) is 25.8 Å². The molecule has 2 aromatic carbocycles. The lowest BCUT2D eigenvalue weighted by Crippen LogP contribution is -1.95. The van der Waals surface area contributed by atoms with Gasteiger partial charge < -0.3 is 11.5 Å². The molecule has 4 N–H and O–H groups in total. The molecule has 0 aliphatic heterocycles. The van der Waals surface area contributed by atoms with Crippen LogP contribution in [0.5, 0.6) is 0 Å². The smallest absolute Gasteiger partial charge is 0.306 e. The quantitative estimate of drug-likeness (QED) is 0.406. The number of nitrogens with two attached hydrogens (primary N) is 2. The number of halogens is 4. The summed E-state index contributed by atoms with van der Waals surface area (Å²) in [5.74, 6) is -1.18. The lowest BCUT2D eigenvalue weighted by molar-refractivity contribution is -0.387. The van der Waals surface area contributed by atoms with Crippen molar-refractivity contribution in [1.29, 1.82) is 0 Å². The zero-order valence-electron chi connectivity index (χ0n) is 10.3. The number of hydrogen-bond acceptors (Lipinski definition) is 4.